The molecule has 0 saturated carbocycles. The molecule has 2 aliphatic heterocycles. The van der Waals surface area contributed by atoms with Crippen LogP contribution < -0.4 is 9.47 Å². The van der Waals surface area contributed by atoms with Gasteiger partial charge in [-0.1, -0.05) is 18.2 Å². The van der Waals surface area contributed by atoms with E-state index in [-0.39, 0.29) is 24.2 Å². The molecule has 9 aromatic heterocycles. The van der Waals surface area contributed by atoms with Gasteiger partial charge < -0.3 is 38.4 Å². The number of amides is 2. The Morgan fingerprint density at radius 2 is 1.12 bits per heavy atom. The van der Waals surface area contributed by atoms with E-state index in [9.17, 15) is 24.4 Å². The molecule has 0 bridgehead atoms. The molecule has 0 atom stereocenters. The second-order valence-electron chi connectivity index (χ2n) is 17.1. The summed E-state index contributed by atoms with van der Waals surface area (Å²) in [6, 6.07) is 13.4. The topological polar surface area (TPSA) is 284 Å². The lowest BCUT2D eigenvalue weighted by molar-refractivity contribution is -0.128. The number of Topliss-reactive ketones (excluding diaryl/α,β-unsaturated/α-hetero) is 2. The molecule has 368 valence electrons. The van der Waals surface area contributed by atoms with Gasteiger partial charge in [0.2, 0.25) is 0 Å². The number of aromatic amines is 2. The van der Waals surface area contributed by atoms with Gasteiger partial charge in [-0.2, -0.15) is 15.5 Å². The molecule has 0 saturated heterocycles. The number of pyridine rings is 3. The number of ether oxygens (including phenoxy) is 2. The lowest BCUT2D eigenvalue weighted by atomic mass is 10.1. The Labute approximate surface area is 418 Å². The molecule has 0 aliphatic carbocycles. The minimum absolute atomic E-state index is 0.170. The van der Waals surface area contributed by atoms with Crippen LogP contribution in [0.2, 0.25) is 0 Å². The van der Waals surface area contributed by atoms with Gasteiger partial charge in [0.15, 0.2) is 11.6 Å². The summed E-state index contributed by atoms with van der Waals surface area (Å²) >= 11 is 0. The van der Waals surface area contributed by atoms with E-state index in [0.717, 1.165) is 28.3 Å². The zero-order valence-electron chi connectivity index (χ0n) is 40.1. The van der Waals surface area contributed by atoms with Gasteiger partial charge in [-0.15, -0.1) is 0 Å². The fourth-order valence-electron chi connectivity index (χ4n) is 9.28. The third kappa shape index (κ3) is 8.02. The number of rotatable bonds is 10. The number of nitrogens with zero attached hydrogens (tertiary/aromatic N) is 16. The number of hydrogen-bond donors (Lipinski definition) is 2. The van der Waals surface area contributed by atoms with Crippen LogP contribution in [0.5, 0.6) is 11.5 Å². The normalized spacial score (nSPS) is 13.0. The Balaban J connectivity index is 0.000000159. The van der Waals surface area contributed by atoms with Crippen molar-refractivity contribution in [2.45, 2.75) is 40.0 Å². The standard InChI is InChI=1S/C26H21N9O3.C24H21N9O3/c1-15-31-14-35(32-15)25-23-22(20(38-2)12-30-25)18(10-29-23)24(36)26(37)33-7-8-34-19(11-28-21(34)13-33)17-6-4-3-5-16(17)9-27;1-14-29-13-33(30-14)23-21-20(18(36-2)11-28-23)16(9-27-21)22(34)24(35)31-7-8-32-17(10-26-19(32)12-31)15-3-5-25-6-4-15/h3-6,10-12,14,29H,7-8,13H2,1-2H3;3-6,9-11,13,27H,7-8,12H2,1-2H3. The highest BCUT2D eigenvalue weighted by molar-refractivity contribution is 6.45. The fraction of sp³-hybridized carbons (Fsp3) is 0.200. The lowest BCUT2D eigenvalue weighted by Crippen LogP contribution is -2.42. The number of aromatic nitrogens is 15. The van der Waals surface area contributed by atoms with Gasteiger partial charge in [-0.05, 0) is 32.0 Å². The largest absolute Gasteiger partial charge is 0.494 e. The third-order valence-electron chi connectivity index (χ3n) is 12.9. The van der Waals surface area contributed by atoms with Crippen molar-refractivity contribution in [2.24, 2.45) is 0 Å². The molecule has 12 rings (SSSR count). The quantitative estimate of drug-likeness (QED) is 0.142. The van der Waals surface area contributed by atoms with E-state index in [0.29, 0.717) is 94.2 Å². The predicted molar refractivity (Wildman–Crippen MR) is 262 cm³/mol. The Morgan fingerprint density at radius 3 is 1.61 bits per heavy atom. The van der Waals surface area contributed by atoms with E-state index < -0.39 is 23.4 Å². The van der Waals surface area contributed by atoms with Crippen molar-refractivity contribution in [3.8, 4) is 51.7 Å². The van der Waals surface area contributed by atoms with E-state index >= 15 is 0 Å². The van der Waals surface area contributed by atoms with Crippen LogP contribution in [0.25, 0.3) is 56.0 Å². The van der Waals surface area contributed by atoms with E-state index in [1.54, 1.807) is 44.7 Å². The van der Waals surface area contributed by atoms with Crippen LogP contribution in [0, 0.1) is 25.2 Å². The average Bonchev–Trinajstić information content (AvgIpc) is 4.33. The molecular formula is C50H42N18O6. The molecule has 0 fully saturated rings. The molecular weight excluding hydrogens is 949 g/mol. The second kappa shape index (κ2) is 18.9. The van der Waals surface area contributed by atoms with Crippen molar-refractivity contribution in [1.29, 1.82) is 5.26 Å². The predicted octanol–water partition coefficient (Wildman–Crippen LogP) is 4.37. The van der Waals surface area contributed by atoms with Crippen molar-refractivity contribution < 1.29 is 28.7 Å². The molecule has 24 heteroatoms. The number of H-pyrrole nitrogens is 2. The number of imidazole rings is 2. The van der Waals surface area contributed by atoms with Crippen LogP contribution in [-0.2, 0) is 35.8 Å². The number of nitrogens with one attached hydrogen (secondary N) is 2. The van der Waals surface area contributed by atoms with Crippen molar-refractivity contribution >= 4 is 45.2 Å². The SMILES string of the molecule is COc1cnc(-n2cnc(C)n2)c2[nH]cc(C(=O)C(=O)N3CCn4c(-c5ccccc5C#N)cnc4C3)c12.COc1cnc(-n2cnc(C)n2)c2[nH]cc(C(=O)C(=O)N3CCn4c(-c5ccncc5)cnc4C3)c12. The van der Waals surface area contributed by atoms with Gasteiger partial charge >= 0.3 is 0 Å². The first kappa shape index (κ1) is 46.2. The maximum atomic E-state index is 13.5. The van der Waals surface area contributed by atoms with Crippen molar-refractivity contribution in [3.63, 3.8) is 0 Å². The second-order valence-corrected chi connectivity index (χ2v) is 17.1. The molecule has 2 aliphatic rings. The average molecular weight is 991 g/mol. The number of benzene rings is 1. The van der Waals surface area contributed by atoms with Gasteiger partial charge in [0.05, 0.1) is 108 Å². The molecule has 0 spiro atoms. The summed E-state index contributed by atoms with van der Waals surface area (Å²) in [6.45, 7) is 5.61. The van der Waals surface area contributed by atoms with E-state index in [1.807, 2.05) is 34.9 Å². The van der Waals surface area contributed by atoms with Crippen LogP contribution in [0.3, 0.4) is 0 Å². The van der Waals surface area contributed by atoms with E-state index in [1.165, 1.54) is 70.8 Å². The Kier molecular flexibility index (Phi) is 11.8. The highest BCUT2D eigenvalue weighted by atomic mass is 16.5. The van der Waals surface area contributed by atoms with Gasteiger partial charge in [0, 0.05) is 62.1 Å². The van der Waals surface area contributed by atoms with Crippen LogP contribution >= 0.6 is 0 Å². The zero-order valence-corrected chi connectivity index (χ0v) is 40.1. The number of ketones is 2. The van der Waals surface area contributed by atoms with Gasteiger partial charge in [0.25, 0.3) is 23.4 Å². The smallest absolute Gasteiger partial charge is 0.295 e. The first-order valence-electron chi connectivity index (χ1n) is 23.1. The van der Waals surface area contributed by atoms with Crippen molar-refractivity contribution in [3.05, 3.63) is 139 Å². The molecule has 0 unspecified atom stereocenters. The number of fused-ring (bicyclic) bond motifs is 4. The first-order valence-corrected chi connectivity index (χ1v) is 23.1. The van der Waals surface area contributed by atoms with E-state index in [4.69, 9.17) is 9.47 Å². The summed E-state index contributed by atoms with van der Waals surface area (Å²) in [5, 5.41) is 19.0. The highest BCUT2D eigenvalue weighted by Gasteiger charge is 2.34. The molecule has 2 N–H and O–H groups in total. The Morgan fingerprint density at radius 1 is 0.622 bits per heavy atom. The maximum Gasteiger partial charge on any atom is 0.295 e. The molecule has 24 nitrogen and oxygen atoms in total. The minimum Gasteiger partial charge on any atom is -0.494 e. The summed E-state index contributed by atoms with van der Waals surface area (Å²) in [7, 11) is 2.97. The summed E-state index contributed by atoms with van der Waals surface area (Å²) in [6.07, 6.45) is 16.0. The van der Waals surface area contributed by atoms with Crippen LogP contribution in [0.1, 0.15) is 49.6 Å². The van der Waals surface area contributed by atoms with Crippen molar-refractivity contribution in [1.82, 2.24) is 83.4 Å². The lowest BCUT2D eigenvalue weighted by Gasteiger charge is -2.28. The van der Waals surface area contributed by atoms with E-state index in [2.05, 4.69) is 65.7 Å². The first-order chi connectivity index (χ1) is 36.0. The number of methoxy groups -OCH3 is 2. The Bertz CT molecular complexity index is 3890. The minimum atomic E-state index is -0.670. The number of carbonyl (C=O) groups is 4. The summed E-state index contributed by atoms with van der Waals surface area (Å²) in [5.74, 6) is 1.56. The highest BCUT2D eigenvalue weighted by Crippen LogP contribution is 2.35. The number of nitriles is 1. The molecule has 11 heterocycles. The van der Waals surface area contributed by atoms with Crippen LogP contribution in [0.15, 0.2) is 98.6 Å². The number of aryl methyl sites for hydroxylation is 2. The summed E-state index contributed by atoms with van der Waals surface area (Å²) < 4.78 is 18.0. The van der Waals surface area contributed by atoms with Gasteiger partial charge in [0.1, 0.15) is 47.5 Å². The van der Waals surface area contributed by atoms with Crippen LogP contribution in [-0.4, -0.2) is 134 Å². The molecule has 1 aromatic carbocycles. The van der Waals surface area contributed by atoms with Gasteiger partial charge in [-0.3, -0.25) is 24.2 Å². The maximum absolute atomic E-state index is 13.5. The third-order valence-corrected chi connectivity index (χ3v) is 12.9. The molecule has 2 amide bonds. The van der Waals surface area contributed by atoms with Crippen molar-refractivity contribution in [2.75, 3.05) is 27.3 Å². The molecule has 10 aromatic rings. The molecule has 74 heavy (non-hydrogen) atoms. The Hall–Kier alpha value is -10.2. The fourth-order valence-corrected chi connectivity index (χ4v) is 9.28. The van der Waals surface area contributed by atoms with Gasteiger partial charge in [-0.25, -0.2) is 39.3 Å². The zero-order chi connectivity index (χ0) is 51.2. The number of hydrogen-bond acceptors (Lipinski definition) is 16. The number of carbonyl (C=O) groups excluding carboxylic acids is 4. The summed E-state index contributed by atoms with van der Waals surface area (Å²) in [5.41, 5.74) is 5.49. The summed E-state index contributed by atoms with van der Waals surface area (Å²) in [4.78, 5) is 92.9. The van der Waals surface area contributed by atoms with Crippen LogP contribution in [0.4, 0.5) is 0 Å². The molecule has 0 radical (unpaired) electrons. The monoisotopic (exact) mass is 990 g/mol.